The molecule has 1 fully saturated rings. The van der Waals surface area contributed by atoms with Gasteiger partial charge in [0.25, 0.3) is 0 Å². The number of benzene rings is 1. The van der Waals surface area contributed by atoms with E-state index >= 15 is 0 Å². The fourth-order valence-corrected chi connectivity index (χ4v) is 2.46. The molecule has 0 radical (unpaired) electrons. The Kier molecular flexibility index (Phi) is 3.42. The number of nitrogens with zero attached hydrogens (tertiary/aromatic N) is 2. The summed E-state index contributed by atoms with van der Waals surface area (Å²) < 4.78 is 0. The van der Waals surface area contributed by atoms with Crippen LogP contribution in [0.4, 0.5) is 5.95 Å². The van der Waals surface area contributed by atoms with Gasteiger partial charge in [0, 0.05) is 18.0 Å². The Bertz CT molecular complexity index is 527. The van der Waals surface area contributed by atoms with Crippen LogP contribution in [-0.2, 0) is 0 Å². The summed E-state index contributed by atoms with van der Waals surface area (Å²) in [7, 11) is 0. The summed E-state index contributed by atoms with van der Waals surface area (Å²) in [5, 5.41) is 13.0. The number of hydrogen-bond donors (Lipinski definition) is 2. The van der Waals surface area contributed by atoms with Crippen LogP contribution in [0, 0.1) is 0 Å². The number of aliphatic hydroxyl groups excluding tert-OH is 1. The normalized spacial score (nSPS) is 22.4. The molecule has 1 saturated carbocycles. The number of rotatable bonds is 3. The van der Waals surface area contributed by atoms with E-state index in [1.807, 2.05) is 42.7 Å². The zero-order valence-electron chi connectivity index (χ0n) is 10.7. The Morgan fingerprint density at radius 2 is 1.74 bits per heavy atom. The number of aliphatic hydroxyl groups is 1. The first-order valence-corrected chi connectivity index (χ1v) is 6.65. The molecule has 1 aromatic carbocycles. The Labute approximate surface area is 112 Å². The maximum Gasteiger partial charge on any atom is 0.222 e. The van der Waals surface area contributed by atoms with Crippen LogP contribution >= 0.6 is 0 Å². The van der Waals surface area contributed by atoms with Crippen LogP contribution in [-0.4, -0.2) is 27.2 Å². The highest BCUT2D eigenvalue weighted by Gasteiger charge is 2.25. The van der Waals surface area contributed by atoms with E-state index in [4.69, 9.17) is 0 Å². The van der Waals surface area contributed by atoms with Gasteiger partial charge < -0.3 is 10.4 Å². The molecule has 0 amide bonds. The Morgan fingerprint density at radius 1 is 1.00 bits per heavy atom. The SMILES string of the molecule is OC1CCCC1Nc1ncc(-c2ccccc2)cn1. The van der Waals surface area contributed by atoms with Gasteiger partial charge in [-0.05, 0) is 24.8 Å². The molecular weight excluding hydrogens is 238 g/mol. The van der Waals surface area contributed by atoms with Gasteiger partial charge in [-0.1, -0.05) is 30.3 Å². The first kappa shape index (κ1) is 12.1. The fourth-order valence-electron chi connectivity index (χ4n) is 2.46. The van der Waals surface area contributed by atoms with Gasteiger partial charge in [-0.15, -0.1) is 0 Å². The molecular formula is C15H17N3O. The number of anilines is 1. The van der Waals surface area contributed by atoms with Crippen LogP contribution in [0.2, 0.25) is 0 Å². The van der Waals surface area contributed by atoms with E-state index in [-0.39, 0.29) is 12.1 Å². The van der Waals surface area contributed by atoms with E-state index in [9.17, 15) is 5.11 Å². The maximum absolute atomic E-state index is 9.76. The molecule has 4 nitrogen and oxygen atoms in total. The van der Waals surface area contributed by atoms with E-state index < -0.39 is 0 Å². The summed E-state index contributed by atoms with van der Waals surface area (Å²) in [5.74, 6) is 0.589. The summed E-state index contributed by atoms with van der Waals surface area (Å²) in [6, 6.07) is 10.1. The highest BCUT2D eigenvalue weighted by atomic mass is 16.3. The smallest absolute Gasteiger partial charge is 0.222 e. The van der Waals surface area contributed by atoms with Gasteiger partial charge in [-0.2, -0.15) is 0 Å². The van der Waals surface area contributed by atoms with Crippen LogP contribution in [0.3, 0.4) is 0 Å². The van der Waals surface area contributed by atoms with Crippen molar-refractivity contribution >= 4 is 5.95 Å². The Hall–Kier alpha value is -1.94. The summed E-state index contributed by atoms with van der Waals surface area (Å²) >= 11 is 0. The van der Waals surface area contributed by atoms with E-state index in [1.165, 1.54) is 0 Å². The lowest BCUT2D eigenvalue weighted by Gasteiger charge is -2.16. The van der Waals surface area contributed by atoms with Crippen molar-refractivity contribution in [2.75, 3.05) is 5.32 Å². The fraction of sp³-hybridized carbons (Fsp3) is 0.333. The lowest BCUT2D eigenvalue weighted by molar-refractivity contribution is 0.171. The van der Waals surface area contributed by atoms with Crippen molar-refractivity contribution < 1.29 is 5.11 Å². The molecule has 0 aliphatic heterocycles. The van der Waals surface area contributed by atoms with Gasteiger partial charge in [0.05, 0.1) is 12.1 Å². The van der Waals surface area contributed by atoms with Crippen molar-refractivity contribution in [2.45, 2.75) is 31.4 Å². The molecule has 2 unspecified atom stereocenters. The number of nitrogens with one attached hydrogen (secondary N) is 1. The third-order valence-corrected chi connectivity index (χ3v) is 3.55. The largest absolute Gasteiger partial charge is 0.391 e. The van der Waals surface area contributed by atoms with Crippen LogP contribution in [0.1, 0.15) is 19.3 Å². The third-order valence-electron chi connectivity index (χ3n) is 3.55. The molecule has 98 valence electrons. The highest BCUT2D eigenvalue weighted by molar-refractivity contribution is 5.61. The molecule has 2 N–H and O–H groups in total. The summed E-state index contributed by atoms with van der Waals surface area (Å²) in [4.78, 5) is 8.64. The molecule has 1 aliphatic carbocycles. The topological polar surface area (TPSA) is 58.0 Å². The third kappa shape index (κ3) is 2.74. The van der Waals surface area contributed by atoms with Crippen molar-refractivity contribution in [1.82, 2.24) is 9.97 Å². The van der Waals surface area contributed by atoms with Crippen molar-refractivity contribution in [3.05, 3.63) is 42.7 Å². The standard InChI is InChI=1S/C15H17N3O/c19-14-8-4-7-13(14)18-15-16-9-12(10-17-15)11-5-2-1-3-6-11/h1-3,5-6,9-10,13-14,19H,4,7-8H2,(H,16,17,18). The molecule has 0 bridgehead atoms. The zero-order valence-corrected chi connectivity index (χ0v) is 10.7. The minimum atomic E-state index is -0.280. The average molecular weight is 255 g/mol. The lowest BCUT2D eigenvalue weighted by atomic mass is 10.1. The summed E-state index contributed by atoms with van der Waals surface area (Å²) in [6.07, 6.45) is 6.24. The highest BCUT2D eigenvalue weighted by Crippen LogP contribution is 2.22. The molecule has 4 heteroatoms. The summed E-state index contributed by atoms with van der Waals surface area (Å²) in [5.41, 5.74) is 2.10. The predicted octanol–water partition coefficient (Wildman–Crippen LogP) is 2.47. The van der Waals surface area contributed by atoms with Gasteiger partial charge in [-0.3, -0.25) is 0 Å². The Morgan fingerprint density at radius 3 is 2.37 bits per heavy atom. The molecule has 1 aromatic heterocycles. The Balaban J connectivity index is 1.72. The molecule has 3 rings (SSSR count). The van der Waals surface area contributed by atoms with Gasteiger partial charge in [-0.25, -0.2) is 9.97 Å². The molecule has 2 aromatic rings. The van der Waals surface area contributed by atoms with Crippen LogP contribution in [0.25, 0.3) is 11.1 Å². The van der Waals surface area contributed by atoms with Crippen molar-refractivity contribution in [3.8, 4) is 11.1 Å². The number of hydrogen-bond acceptors (Lipinski definition) is 4. The minimum absolute atomic E-state index is 0.0857. The maximum atomic E-state index is 9.76. The van der Waals surface area contributed by atoms with Crippen LogP contribution < -0.4 is 5.32 Å². The van der Waals surface area contributed by atoms with E-state index in [2.05, 4.69) is 15.3 Å². The number of aromatic nitrogens is 2. The zero-order chi connectivity index (χ0) is 13.1. The van der Waals surface area contributed by atoms with E-state index in [1.54, 1.807) is 0 Å². The lowest BCUT2D eigenvalue weighted by Crippen LogP contribution is -2.28. The second-order valence-electron chi connectivity index (χ2n) is 4.91. The van der Waals surface area contributed by atoms with E-state index in [0.29, 0.717) is 5.95 Å². The second-order valence-corrected chi connectivity index (χ2v) is 4.91. The summed E-state index contributed by atoms with van der Waals surface area (Å²) in [6.45, 7) is 0. The van der Waals surface area contributed by atoms with Crippen molar-refractivity contribution in [3.63, 3.8) is 0 Å². The van der Waals surface area contributed by atoms with Crippen LogP contribution in [0.5, 0.6) is 0 Å². The van der Waals surface area contributed by atoms with Gasteiger partial charge in [0.15, 0.2) is 0 Å². The monoisotopic (exact) mass is 255 g/mol. The van der Waals surface area contributed by atoms with Gasteiger partial charge in [0.1, 0.15) is 0 Å². The first-order chi connectivity index (χ1) is 9.33. The van der Waals surface area contributed by atoms with Crippen LogP contribution in [0.15, 0.2) is 42.7 Å². The molecule has 0 spiro atoms. The molecule has 1 aliphatic rings. The van der Waals surface area contributed by atoms with E-state index in [0.717, 1.165) is 30.4 Å². The first-order valence-electron chi connectivity index (χ1n) is 6.65. The quantitative estimate of drug-likeness (QED) is 0.884. The molecule has 0 saturated heterocycles. The average Bonchev–Trinajstić information content (AvgIpc) is 2.86. The predicted molar refractivity (Wildman–Crippen MR) is 74.7 cm³/mol. The molecule has 19 heavy (non-hydrogen) atoms. The minimum Gasteiger partial charge on any atom is -0.391 e. The molecule has 1 heterocycles. The second kappa shape index (κ2) is 5.36. The van der Waals surface area contributed by atoms with Crippen molar-refractivity contribution in [2.24, 2.45) is 0 Å². The molecule has 2 atom stereocenters. The van der Waals surface area contributed by atoms with Crippen molar-refractivity contribution in [1.29, 1.82) is 0 Å². The van der Waals surface area contributed by atoms with Gasteiger partial charge in [0.2, 0.25) is 5.95 Å². The van der Waals surface area contributed by atoms with Gasteiger partial charge >= 0.3 is 0 Å².